The van der Waals surface area contributed by atoms with Crippen molar-refractivity contribution in [1.29, 1.82) is 0 Å². The highest BCUT2D eigenvalue weighted by Crippen LogP contribution is 2.16. The molecule has 5 nitrogen and oxygen atoms in total. The van der Waals surface area contributed by atoms with Gasteiger partial charge in [0.25, 0.3) is 0 Å². The van der Waals surface area contributed by atoms with E-state index in [1.54, 1.807) is 13.8 Å². The van der Waals surface area contributed by atoms with E-state index in [2.05, 4.69) is 6.58 Å². The van der Waals surface area contributed by atoms with Crippen LogP contribution in [0.15, 0.2) is 23.8 Å². The maximum Gasteiger partial charge on any atom is 0.333 e. The average molecular weight is 282 g/mol. The van der Waals surface area contributed by atoms with Crippen molar-refractivity contribution in [1.82, 2.24) is 0 Å². The first-order valence-electron chi connectivity index (χ1n) is 6.79. The maximum absolute atomic E-state index is 11.6. The van der Waals surface area contributed by atoms with Crippen LogP contribution in [0.4, 0.5) is 0 Å². The van der Waals surface area contributed by atoms with E-state index in [4.69, 9.17) is 14.2 Å². The second-order valence-corrected chi connectivity index (χ2v) is 4.81. The molecule has 0 aromatic rings. The van der Waals surface area contributed by atoms with Crippen LogP contribution in [0.3, 0.4) is 0 Å². The number of carbonyl (C=O) groups excluding carboxylic acids is 2. The molecule has 1 aliphatic heterocycles. The molecule has 0 spiro atoms. The molecule has 1 fully saturated rings. The van der Waals surface area contributed by atoms with Crippen molar-refractivity contribution in [3.05, 3.63) is 23.8 Å². The summed E-state index contributed by atoms with van der Waals surface area (Å²) in [7, 11) is 0. The summed E-state index contributed by atoms with van der Waals surface area (Å²) in [5.74, 6) is -0.874. The van der Waals surface area contributed by atoms with Crippen molar-refractivity contribution in [3.63, 3.8) is 0 Å². The van der Waals surface area contributed by atoms with E-state index in [9.17, 15) is 9.59 Å². The molecule has 0 aromatic carbocycles. The second kappa shape index (κ2) is 8.53. The molecule has 0 amide bonds. The third kappa shape index (κ3) is 6.02. The van der Waals surface area contributed by atoms with Gasteiger partial charge in [0.1, 0.15) is 13.2 Å². The Morgan fingerprint density at radius 3 is 2.45 bits per heavy atom. The van der Waals surface area contributed by atoms with Crippen molar-refractivity contribution in [3.8, 4) is 0 Å². The summed E-state index contributed by atoms with van der Waals surface area (Å²) in [6, 6.07) is 0. The quantitative estimate of drug-likeness (QED) is 0.407. The van der Waals surface area contributed by atoms with Gasteiger partial charge in [-0.25, -0.2) is 9.59 Å². The maximum atomic E-state index is 11.6. The lowest BCUT2D eigenvalue weighted by atomic mass is 10.1. The predicted molar refractivity (Wildman–Crippen MR) is 74.1 cm³/mol. The number of carbonyl (C=O) groups is 2. The Morgan fingerprint density at radius 1 is 1.25 bits per heavy atom. The smallest absolute Gasteiger partial charge is 0.333 e. The van der Waals surface area contributed by atoms with E-state index in [0.717, 1.165) is 25.9 Å². The zero-order chi connectivity index (χ0) is 15.0. The highest BCUT2D eigenvalue weighted by Gasteiger charge is 2.15. The molecule has 1 rings (SSSR count). The summed E-state index contributed by atoms with van der Waals surface area (Å²) in [4.78, 5) is 22.7. The van der Waals surface area contributed by atoms with Crippen molar-refractivity contribution < 1.29 is 23.8 Å². The van der Waals surface area contributed by atoms with Crippen LogP contribution in [0.5, 0.6) is 0 Å². The highest BCUT2D eigenvalue weighted by molar-refractivity contribution is 5.88. The number of ether oxygens (including phenoxy) is 3. The van der Waals surface area contributed by atoms with Gasteiger partial charge in [-0.3, -0.25) is 0 Å². The monoisotopic (exact) mass is 282 g/mol. The predicted octanol–water partition coefficient (Wildman–Crippen LogP) is 2.16. The van der Waals surface area contributed by atoms with Crippen LogP contribution in [-0.2, 0) is 23.8 Å². The molecule has 1 heterocycles. The molecule has 1 unspecified atom stereocenters. The topological polar surface area (TPSA) is 61.8 Å². The molecule has 1 saturated heterocycles. The molecule has 1 atom stereocenters. The zero-order valence-corrected chi connectivity index (χ0v) is 12.1. The number of hydrogen-bond acceptors (Lipinski definition) is 5. The van der Waals surface area contributed by atoms with E-state index in [0.29, 0.717) is 11.1 Å². The number of esters is 2. The molecule has 0 aliphatic carbocycles. The lowest BCUT2D eigenvalue weighted by Crippen LogP contribution is -2.15. The SMILES string of the molecule is C=C(C)C(=O)OCCOC(=O)C(C)=CCC1CCCO1. The molecule has 0 aromatic heterocycles. The molecule has 0 radical (unpaired) electrons. The summed E-state index contributed by atoms with van der Waals surface area (Å²) in [5.41, 5.74) is 0.871. The molecule has 112 valence electrons. The minimum absolute atomic E-state index is 0.0381. The fourth-order valence-corrected chi connectivity index (χ4v) is 1.73. The lowest BCUT2D eigenvalue weighted by Gasteiger charge is -2.08. The molecular weight excluding hydrogens is 260 g/mol. The van der Waals surface area contributed by atoms with Crippen molar-refractivity contribution in [2.75, 3.05) is 19.8 Å². The van der Waals surface area contributed by atoms with Crippen LogP contribution in [-0.4, -0.2) is 37.9 Å². The Bertz CT molecular complexity index is 391. The van der Waals surface area contributed by atoms with Gasteiger partial charge in [0, 0.05) is 17.8 Å². The average Bonchev–Trinajstić information content (AvgIpc) is 2.93. The van der Waals surface area contributed by atoms with E-state index < -0.39 is 11.9 Å². The molecule has 5 heteroatoms. The summed E-state index contributed by atoms with van der Waals surface area (Å²) < 4.78 is 15.3. The Balaban J connectivity index is 2.19. The van der Waals surface area contributed by atoms with Crippen LogP contribution < -0.4 is 0 Å². The minimum atomic E-state index is -0.480. The molecule has 0 bridgehead atoms. The van der Waals surface area contributed by atoms with E-state index >= 15 is 0 Å². The number of hydrogen-bond donors (Lipinski definition) is 0. The molecule has 20 heavy (non-hydrogen) atoms. The summed E-state index contributed by atoms with van der Waals surface area (Å²) in [6.07, 6.45) is 4.89. The minimum Gasteiger partial charge on any atom is -0.459 e. The molecule has 1 aliphatic rings. The fourth-order valence-electron chi connectivity index (χ4n) is 1.73. The van der Waals surface area contributed by atoms with Gasteiger partial charge in [0.2, 0.25) is 0 Å². The number of rotatable bonds is 7. The normalized spacial score (nSPS) is 18.7. The van der Waals surface area contributed by atoms with E-state index in [-0.39, 0.29) is 19.3 Å². The fraction of sp³-hybridized carbons (Fsp3) is 0.600. The van der Waals surface area contributed by atoms with Crippen LogP contribution >= 0.6 is 0 Å². The first-order valence-corrected chi connectivity index (χ1v) is 6.79. The van der Waals surface area contributed by atoms with Crippen LogP contribution in [0.2, 0.25) is 0 Å². The molecule has 0 saturated carbocycles. The largest absolute Gasteiger partial charge is 0.459 e. The van der Waals surface area contributed by atoms with Gasteiger partial charge < -0.3 is 14.2 Å². The van der Waals surface area contributed by atoms with Crippen molar-refractivity contribution in [2.24, 2.45) is 0 Å². The Labute approximate surface area is 119 Å². The summed E-state index contributed by atoms with van der Waals surface area (Å²) in [5, 5.41) is 0. The first kappa shape index (κ1) is 16.4. The van der Waals surface area contributed by atoms with Gasteiger partial charge in [-0.15, -0.1) is 0 Å². The Hall–Kier alpha value is -1.62. The van der Waals surface area contributed by atoms with E-state index in [1.807, 2.05) is 6.08 Å². The Morgan fingerprint density at radius 2 is 1.90 bits per heavy atom. The Kier molecular flexibility index (Phi) is 7.01. The summed E-state index contributed by atoms with van der Waals surface area (Å²) in [6.45, 7) is 7.61. The molecule has 0 N–H and O–H groups in total. The van der Waals surface area contributed by atoms with E-state index in [1.165, 1.54) is 0 Å². The third-order valence-electron chi connectivity index (χ3n) is 2.93. The lowest BCUT2D eigenvalue weighted by molar-refractivity contribution is -0.147. The van der Waals surface area contributed by atoms with Crippen LogP contribution in [0.25, 0.3) is 0 Å². The second-order valence-electron chi connectivity index (χ2n) is 4.81. The third-order valence-corrected chi connectivity index (χ3v) is 2.93. The van der Waals surface area contributed by atoms with Gasteiger partial charge in [-0.1, -0.05) is 12.7 Å². The van der Waals surface area contributed by atoms with Crippen molar-refractivity contribution >= 4 is 11.9 Å². The van der Waals surface area contributed by atoms with Gasteiger partial charge >= 0.3 is 11.9 Å². The van der Waals surface area contributed by atoms with Crippen LogP contribution in [0.1, 0.15) is 33.1 Å². The van der Waals surface area contributed by atoms with Gasteiger partial charge in [0.05, 0.1) is 6.10 Å². The van der Waals surface area contributed by atoms with Crippen LogP contribution in [0, 0.1) is 0 Å². The first-order chi connectivity index (χ1) is 9.50. The summed E-state index contributed by atoms with van der Waals surface area (Å²) >= 11 is 0. The van der Waals surface area contributed by atoms with Gasteiger partial charge in [-0.2, -0.15) is 0 Å². The zero-order valence-electron chi connectivity index (χ0n) is 12.1. The van der Waals surface area contributed by atoms with Gasteiger partial charge in [0.15, 0.2) is 0 Å². The molecular formula is C15H22O5. The van der Waals surface area contributed by atoms with Crippen molar-refractivity contribution in [2.45, 2.75) is 39.2 Å². The van der Waals surface area contributed by atoms with Gasteiger partial charge in [-0.05, 0) is 33.1 Å². The highest BCUT2D eigenvalue weighted by atomic mass is 16.6. The standard InChI is InChI=1S/C15H22O5/c1-11(2)14(16)19-9-10-20-15(17)12(3)6-7-13-5-4-8-18-13/h6,13H,1,4-5,7-10H2,2-3H3.